The van der Waals surface area contributed by atoms with Gasteiger partial charge in [-0.1, -0.05) is 29.4 Å². The summed E-state index contributed by atoms with van der Waals surface area (Å²) in [6, 6.07) is 7.84. The molecule has 5 nitrogen and oxygen atoms in total. The number of halogens is 2. The molecule has 0 saturated heterocycles. The van der Waals surface area contributed by atoms with E-state index in [0.29, 0.717) is 17.3 Å². The molecule has 0 bridgehead atoms. The summed E-state index contributed by atoms with van der Waals surface area (Å²) in [6.45, 7) is 1.74. The van der Waals surface area contributed by atoms with Gasteiger partial charge in [-0.2, -0.15) is 0 Å². The third-order valence-corrected chi connectivity index (χ3v) is 5.42. The summed E-state index contributed by atoms with van der Waals surface area (Å²) in [6.07, 6.45) is 0.678. The van der Waals surface area contributed by atoms with Crippen LogP contribution in [-0.2, 0) is 11.2 Å². The van der Waals surface area contributed by atoms with Gasteiger partial charge >= 0.3 is 0 Å². The highest BCUT2D eigenvalue weighted by molar-refractivity contribution is 8.00. The predicted molar refractivity (Wildman–Crippen MR) is 98.9 cm³/mol. The summed E-state index contributed by atoms with van der Waals surface area (Å²) in [5.41, 5.74) is 0.369. The number of anilines is 1. The van der Waals surface area contributed by atoms with Crippen LogP contribution in [0, 0.1) is 5.82 Å². The molecule has 2 N–H and O–H groups in total. The summed E-state index contributed by atoms with van der Waals surface area (Å²) in [5, 5.41) is 11.9. The standard InChI is InChI=1S/C16H14ClFN4OS2/c1-9(15(23)19-13-5-4-10(18)7-12(13)17)25-16-20-14(21-22-16)8-11-3-2-6-24-11/h2-7,9H,8H2,1H3,(H,19,23)(H,20,21,22). The number of thiophene rings is 1. The molecule has 1 aromatic carbocycles. The van der Waals surface area contributed by atoms with Crippen LogP contribution in [-0.4, -0.2) is 26.3 Å². The molecule has 1 atom stereocenters. The molecular formula is C16H14ClFN4OS2. The number of hydrogen-bond acceptors (Lipinski definition) is 5. The quantitative estimate of drug-likeness (QED) is 0.607. The van der Waals surface area contributed by atoms with Gasteiger partial charge < -0.3 is 5.32 Å². The summed E-state index contributed by atoms with van der Waals surface area (Å²) < 4.78 is 13.0. The highest BCUT2D eigenvalue weighted by Gasteiger charge is 2.18. The molecule has 25 heavy (non-hydrogen) atoms. The van der Waals surface area contributed by atoms with Crippen molar-refractivity contribution in [3.63, 3.8) is 0 Å². The van der Waals surface area contributed by atoms with E-state index in [1.165, 1.54) is 28.8 Å². The molecule has 1 amide bonds. The van der Waals surface area contributed by atoms with E-state index in [-0.39, 0.29) is 10.9 Å². The van der Waals surface area contributed by atoms with Gasteiger partial charge in [0.1, 0.15) is 11.6 Å². The van der Waals surface area contributed by atoms with Gasteiger partial charge in [-0.15, -0.1) is 16.4 Å². The lowest BCUT2D eigenvalue weighted by Gasteiger charge is -2.11. The average molecular weight is 397 g/mol. The molecule has 0 saturated carbocycles. The van der Waals surface area contributed by atoms with Crippen LogP contribution in [0.15, 0.2) is 40.9 Å². The molecular weight excluding hydrogens is 383 g/mol. The molecule has 2 aromatic heterocycles. The van der Waals surface area contributed by atoms with E-state index < -0.39 is 11.1 Å². The van der Waals surface area contributed by atoms with Gasteiger partial charge in [-0.05, 0) is 36.6 Å². The molecule has 3 rings (SSSR count). The SMILES string of the molecule is CC(Sc1n[nH]c(Cc2cccs2)n1)C(=O)Nc1ccc(F)cc1Cl. The fraction of sp³-hybridized carbons (Fsp3) is 0.188. The van der Waals surface area contributed by atoms with Crippen LogP contribution in [0.4, 0.5) is 10.1 Å². The largest absolute Gasteiger partial charge is 0.324 e. The van der Waals surface area contributed by atoms with E-state index in [0.717, 1.165) is 11.9 Å². The van der Waals surface area contributed by atoms with E-state index >= 15 is 0 Å². The molecule has 9 heteroatoms. The smallest absolute Gasteiger partial charge is 0.237 e. The van der Waals surface area contributed by atoms with Crippen LogP contribution in [0.3, 0.4) is 0 Å². The molecule has 0 fully saturated rings. The van der Waals surface area contributed by atoms with Crippen LogP contribution in [0.25, 0.3) is 0 Å². The first-order valence-corrected chi connectivity index (χ1v) is 9.51. The maximum absolute atomic E-state index is 13.0. The molecule has 0 spiro atoms. The Balaban J connectivity index is 1.58. The van der Waals surface area contributed by atoms with Gasteiger partial charge in [0.2, 0.25) is 11.1 Å². The second-order valence-electron chi connectivity index (χ2n) is 5.19. The first-order valence-electron chi connectivity index (χ1n) is 7.37. The number of amides is 1. The van der Waals surface area contributed by atoms with Crippen LogP contribution < -0.4 is 5.32 Å². The Morgan fingerprint density at radius 1 is 1.48 bits per heavy atom. The second-order valence-corrected chi connectivity index (χ2v) is 7.94. The minimum absolute atomic E-state index is 0.154. The van der Waals surface area contributed by atoms with Crippen molar-refractivity contribution in [1.29, 1.82) is 0 Å². The van der Waals surface area contributed by atoms with Gasteiger partial charge in [-0.25, -0.2) is 9.37 Å². The minimum atomic E-state index is -0.454. The highest BCUT2D eigenvalue weighted by atomic mass is 35.5. The Hall–Kier alpha value is -1.90. The van der Waals surface area contributed by atoms with E-state index in [9.17, 15) is 9.18 Å². The van der Waals surface area contributed by atoms with E-state index in [1.807, 2.05) is 17.5 Å². The monoisotopic (exact) mass is 396 g/mol. The number of carbonyl (C=O) groups is 1. The third kappa shape index (κ3) is 4.81. The number of nitrogens with zero attached hydrogens (tertiary/aromatic N) is 2. The maximum atomic E-state index is 13.0. The van der Waals surface area contributed by atoms with E-state index in [4.69, 9.17) is 11.6 Å². The summed E-state index contributed by atoms with van der Waals surface area (Å²) in [4.78, 5) is 17.8. The Kier molecular flexibility index (Phi) is 5.72. The van der Waals surface area contributed by atoms with Gasteiger partial charge in [0.15, 0.2) is 0 Å². The number of H-pyrrole nitrogens is 1. The lowest BCUT2D eigenvalue weighted by Crippen LogP contribution is -2.22. The number of carbonyl (C=O) groups excluding carboxylic acids is 1. The molecule has 0 radical (unpaired) electrons. The number of thioether (sulfide) groups is 1. The topological polar surface area (TPSA) is 70.7 Å². The van der Waals surface area contributed by atoms with Gasteiger partial charge in [0.25, 0.3) is 0 Å². The minimum Gasteiger partial charge on any atom is -0.324 e. The van der Waals surface area contributed by atoms with Crippen LogP contribution in [0.2, 0.25) is 5.02 Å². The molecule has 3 aromatic rings. The normalized spacial score (nSPS) is 12.1. The summed E-state index contributed by atoms with van der Waals surface area (Å²) in [5.74, 6) is 0.0340. The molecule has 1 unspecified atom stereocenters. The number of aromatic amines is 1. The molecule has 0 aliphatic heterocycles. The molecule has 2 heterocycles. The Labute approximate surface area is 157 Å². The number of benzene rings is 1. The predicted octanol–water partition coefficient (Wildman–Crippen LogP) is 4.37. The van der Waals surface area contributed by atoms with Gasteiger partial charge in [-0.3, -0.25) is 9.89 Å². The van der Waals surface area contributed by atoms with Gasteiger partial charge in [0, 0.05) is 11.3 Å². The van der Waals surface area contributed by atoms with Crippen molar-refractivity contribution in [2.75, 3.05) is 5.32 Å². The van der Waals surface area contributed by atoms with Crippen molar-refractivity contribution < 1.29 is 9.18 Å². The zero-order valence-corrected chi connectivity index (χ0v) is 15.5. The van der Waals surface area contributed by atoms with E-state index in [2.05, 4.69) is 20.5 Å². The fourth-order valence-electron chi connectivity index (χ4n) is 2.02. The molecule has 0 aliphatic rings. The Morgan fingerprint density at radius 2 is 2.32 bits per heavy atom. The van der Waals surface area contributed by atoms with Crippen molar-refractivity contribution in [3.05, 3.63) is 57.3 Å². The first-order chi connectivity index (χ1) is 12.0. The zero-order valence-electron chi connectivity index (χ0n) is 13.1. The average Bonchev–Trinajstić information content (AvgIpc) is 3.22. The summed E-state index contributed by atoms with van der Waals surface area (Å²) >= 11 is 8.80. The third-order valence-electron chi connectivity index (χ3n) is 3.27. The van der Waals surface area contributed by atoms with Crippen molar-refractivity contribution in [2.24, 2.45) is 0 Å². The lowest BCUT2D eigenvalue weighted by atomic mass is 10.3. The number of hydrogen-bond donors (Lipinski definition) is 2. The van der Waals surface area contributed by atoms with Crippen LogP contribution in [0.5, 0.6) is 0 Å². The lowest BCUT2D eigenvalue weighted by molar-refractivity contribution is -0.115. The van der Waals surface area contributed by atoms with Crippen LogP contribution >= 0.6 is 34.7 Å². The van der Waals surface area contributed by atoms with Crippen molar-refractivity contribution in [3.8, 4) is 0 Å². The van der Waals surface area contributed by atoms with Crippen molar-refractivity contribution in [2.45, 2.75) is 23.8 Å². The molecule has 130 valence electrons. The van der Waals surface area contributed by atoms with Crippen molar-refractivity contribution in [1.82, 2.24) is 15.2 Å². The fourth-order valence-corrected chi connectivity index (χ4v) is 3.69. The first kappa shape index (κ1) is 17.9. The number of aromatic nitrogens is 3. The highest BCUT2D eigenvalue weighted by Crippen LogP contribution is 2.25. The van der Waals surface area contributed by atoms with Gasteiger partial charge in [0.05, 0.1) is 16.0 Å². The zero-order chi connectivity index (χ0) is 17.8. The Bertz CT molecular complexity index is 869. The number of rotatable bonds is 6. The maximum Gasteiger partial charge on any atom is 0.237 e. The second kappa shape index (κ2) is 7.99. The molecule has 0 aliphatic carbocycles. The van der Waals surface area contributed by atoms with Crippen LogP contribution in [0.1, 0.15) is 17.6 Å². The summed E-state index contributed by atoms with van der Waals surface area (Å²) in [7, 11) is 0. The van der Waals surface area contributed by atoms with E-state index in [1.54, 1.807) is 18.3 Å². The number of nitrogens with one attached hydrogen (secondary N) is 2. The van der Waals surface area contributed by atoms with Crippen molar-refractivity contribution >= 4 is 46.3 Å². The Morgan fingerprint density at radius 3 is 3.04 bits per heavy atom.